The van der Waals surface area contributed by atoms with Gasteiger partial charge in [-0.1, -0.05) is 12.1 Å². The highest BCUT2D eigenvalue weighted by molar-refractivity contribution is 14.0. The SMILES string of the molecule is CCOc1cccc(CNC(=NC)NCc2cc3c(cc2OC(F)F)OCO3)c1.I. The predicted octanol–water partition coefficient (Wildman–Crippen LogP) is 3.90. The van der Waals surface area contributed by atoms with Gasteiger partial charge in [0.15, 0.2) is 17.5 Å². The van der Waals surface area contributed by atoms with Crippen molar-refractivity contribution in [3.8, 4) is 23.0 Å². The molecule has 0 radical (unpaired) electrons. The standard InChI is InChI=1S/C20H23F2N3O4.HI/c1-3-26-15-6-4-5-13(7-15)10-24-20(23-2)25-11-14-8-17-18(28-12-27-17)9-16(14)29-19(21)22;/h4-9,19H,3,10-12H2,1-2H3,(H2,23,24,25);1H. The Bertz CT molecular complexity index is 868. The van der Waals surface area contributed by atoms with Crippen LogP contribution >= 0.6 is 24.0 Å². The van der Waals surface area contributed by atoms with Crippen LogP contribution in [0.15, 0.2) is 41.4 Å². The summed E-state index contributed by atoms with van der Waals surface area (Å²) in [4.78, 5) is 4.16. The van der Waals surface area contributed by atoms with Gasteiger partial charge in [0.25, 0.3) is 0 Å². The molecule has 10 heteroatoms. The minimum atomic E-state index is -2.94. The Morgan fingerprint density at radius 1 is 1.13 bits per heavy atom. The number of hydrogen-bond acceptors (Lipinski definition) is 5. The number of guanidine groups is 1. The predicted molar refractivity (Wildman–Crippen MR) is 119 cm³/mol. The summed E-state index contributed by atoms with van der Waals surface area (Å²) in [7, 11) is 1.63. The summed E-state index contributed by atoms with van der Waals surface area (Å²) in [5.74, 6) is 2.19. The zero-order valence-corrected chi connectivity index (χ0v) is 18.9. The lowest BCUT2D eigenvalue weighted by atomic mass is 10.1. The molecule has 2 N–H and O–H groups in total. The summed E-state index contributed by atoms with van der Waals surface area (Å²) < 4.78 is 46.2. The number of fused-ring (bicyclic) bond motifs is 1. The molecule has 2 aromatic carbocycles. The number of nitrogens with one attached hydrogen (secondary N) is 2. The van der Waals surface area contributed by atoms with Crippen LogP contribution in [0.2, 0.25) is 0 Å². The summed E-state index contributed by atoms with van der Waals surface area (Å²) in [6, 6.07) is 10.7. The van der Waals surface area contributed by atoms with Crippen LogP contribution in [-0.2, 0) is 13.1 Å². The molecule has 1 aliphatic heterocycles. The maximum absolute atomic E-state index is 12.8. The summed E-state index contributed by atoms with van der Waals surface area (Å²) in [5, 5.41) is 6.26. The van der Waals surface area contributed by atoms with Crippen LogP contribution < -0.4 is 29.6 Å². The van der Waals surface area contributed by atoms with Crippen molar-refractivity contribution in [2.45, 2.75) is 26.6 Å². The lowest BCUT2D eigenvalue weighted by molar-refractivity contribution is -0.0505. The molecule has 0 unspecified atom stereocenters. The van der Waals surface area contributed by atoms with Gasteiger partial charge in [-0.05, 0) is 30.7 Å². The first-order valence-corrected chi connectivity index (χ1v) is 9.12. The van der Waals surface area contributed by atoms with Gasteiger partial charge in [-0.15, -0.1) is 24.0 Å². The third-order valence-corrected chi connectivity index (χ3v) is 4.11. The maximum atomic E-state index is 12.8. The second-order valence-electron chi connectivity index (χ2n) is 6.05. The first-order valence-electron chi connectivity index (χ1n) is 9.12. The molecular weight excluding hydrogens is 511 g/mol. The fourth-order valence-corrected chi connectivity index (χ4v) is 2.81. The Balaban J connectivity index is 0.00000320. The van der Waals surface area contributed by atoms with Crippen molar-refractivity contribution in [2.24, 2.45) is 4.99 Å². The number of hydrogen-bond donors (Lipinski definition) is 2. The molecule has 0 spiro atoms. The third kappa shape index (κ3) is 6.51. The molecule has 7 nitrogen and oxygen atoms in total. The Hall–Kier alpha value is -2.50. The monoisotopic (exact) mass is 535 g/mol. The molecule has 164 valence electrons. The summed E-state index contributed by atoms with van der Waals surface area (Å²) in [5.41, 5.74) is 1.51. The first kappa shape index (κ1) is 23.8. The van der Waals surface area contributed by atoms with Gasteiger partial charge in [-0.2, -0.15) is 8.78 Å². The fourth-order valence-electron chi connectivity index (χ4n) is 2.81. The summed E-state index contributed by atoms with van der Waals surface area (Å²) in [6.45, 7) is 0.352. The molecule has 1 heterocycles. The molecular formula is C20H24F2IN3O4. The minimum absolute atomic E-state index is 0. The van der Waals surface area contributed by atoms with Crippen molar-refractivity contribution in [1.29, 1.82) is 0 Å². The van der Waals surface area contributed by atoms with E-state index in [1.807, 2.05) is 31.2 Å². The zero-order valence-electron chi connectivity index (χ0n) is 16.6. The highest BCUT2D eigenvalue weighted by Crippen LogP contribution is 2.38. The van der Waals surface area contributed by atoms with E-state index in [-0.39, 0.29) is 43.1 Å². The average Bonchev–Trinajstić information content (AvgIpc) is 3.15. The first-order chi connectivity index (χ1) is 14.1. The highest BCUT2D eigenvalue weighted by Gasteiger charge is 2.20. The lowest BCUT2D eigenvalue weighted by Gasteiger charge is -2.15. The van der Waals surface area contributed by atoms with Crippen LogP contribution in [0.5, 0.6) is 23.0 Å². The molecule has 0 fully saturated rings. The van der Waals surface area contributed by atoms with Gasteiger partial charge in [0.05, 0.1) is 6.61 Å². The van der Waals surface area contributed by atoms with Gasteiger partial charge in [0.2, 0.25) is 6.79 Å². The van der Waals surface area contributed by atoms with Crippen molar-refractivity contribution in [3.05, 3.63) is 47.5 Å². The van der Waals surface area contributed by atoms with Crippen LogP contribution in [-0.4, -0.2) is 33.0 Å². The van der Waals surface area contributed by atoms with E-state index < -0.39 is 6.61 Å². The largest absolute Gasteiger partial charge is 0.494 e. The number of ether oxygens (including phenoxy) is 4. The van der Waals surface area contributed by atoms with E-state index >= 15 is 0 Å². The molecule has 2 aromatic rings. The molecule has 3 rings (SSSR count). The summed E-state index contributed by atoms with van der Waals surface area (Å²) >= 11 is 0. The van der Waals surface area contributed by atoms with Gasteiger partial charge in [-0.25, -0.2) is 0 Å². The quantitative estimate of drug-likeness (QED) is 0.304. The van der Waals surface area contributed by atoms with Crippen molar-refractivity contribution in [1.82, 2.24) is 10.6 Å². The normalized spacial score (nSPS) is 12.4. The number of alkyl halides is 2. The number of halogens is 3. The van der Waals surface area contributed by atoms with Crippen LogP contribution in [0, 0.1) is 0 Å². The Morgan fingerprint density at radius 3 is 2.57 bits per heavy atom. The molecule has 0 amide bonds. The van der Waals surface area contributed by atoms with E-state index in [4.69, 9.17) is 14.2 Å². The lowest BCUT2D eigenvalue weighted by Crippen LogP contribution is -2.36. The van der Waals surface area contributed by atoms with E-state index in [2.05, 4.69) is 20.4 Å². The molecule has 1 aliphatic rings. The molecule has 0 aliphatic carbocycles. The second kappa shape index (κ2) is 11.6. The van der Waals surface area contributed by atoms with Gasteiger partial charge in [0, 0.05) is 31.8 Å². The number of nitrogens with zero attached hydrogens (tertiary/aromatic N) is 1. The molecule has 0 atom stereocenters. The number of aliphatic imine (C=N–C) groups is 1. The number of benzene rings is 2. The zero-order chi connectivity index (χ0) is 20.6. The second-order valence-corrected chi connectivity index (χ2v) is 6.05. The van der Waals surface area contributed by atoms with E-state index in [9.17, 15) is 8.78 Å². The molecule has 30 heavy (non-hydrogen) atoms. The van der Waals surface area contributed by atoms with E-state index in [0.29, 0.717) is 36.2 Å². The molecule has 0 bridgehead atoms. The van der Waals surface area contributed by atoms with E-state index in [1.165, 1.54) is 6.07 Å². The van der Waals surface area contributed by atoms with Crippen molar-refractivity contribution >= 4 is 29.9 Å². The third-order valence-electron chi connectivity index (χ3n) is 4.11. The van der Waals surface area contributed by atoms with Crippen LogP contribution in [0.1, 0.15) is 18.1 Å². The minimum Gasteiger partial charge on any atom is -0.494 e. The Morgan fingerprint density at radius 2 is 1.87 bits per heavy atom. The van der Waals surface area contributed by atoms with Gasteiger partial charge < -0.3 is 29.6 Å². The van der Waals surface area contributed by atoms with Crippen LogP contribution in [0.4, 0.5) is 8.78 Å². The Labute approximate surface area is 190 Å². The van der Waals surface area contributed by atoms with Gasteiger partial charge >= 0.3 is 6.61 Å². The van der Waals surface area contributed by atoms with E-state index in [0.717, 1.165) is 11.3 Å². The fraction of sp³-hybridized carbons (Fsp3) is 0.350. The summed E-state index contributed by atoms with van der Waals surface area (Å²) in [6.07, 6.45) is 0. The van der Waals surface area contributed by atoms with Crippen LogP contribution in [0.25, 0.3) is 0 Å². The number of rotatable bonds is 8. The van der Waals surface area contributed by atoms with Crippen LogP contribution in [0.3, 0.4) is 0 Å². The van der Waals surface area contributed by atoms with Gasteiger partial charge in [0.1, 0.15) is 11.5 Å². The Kier molecular flexibility index (Phi) is 9.21. The highest BCUT2D eigenvalue weighted by atomic mass is 127. The smallest absolute Gasteiger partial charge is 0.387 e. The maximum Gasteiger partial charge on any atom is 0.387 e. The van der Waals surface area contributed by atoms with Crippen molar-refractivity contribution in [2.75, 3.05) is 20.4 Å². The topological polar surface area (TPSA) is 73.3 Å². The van der Waals surface area contributed by atoms with Crippen molar-refractivity contribution < 1.29 is 27.7 Å². The molecule has 0 saturated heterocycles. The molecule has 0 aromatic heterocycles. The average molecular weight is 535 g/mol. The van der Waals surface area contributed by atoms with Gasteiger partial charge in [-0.3, -0.25) is 4.99 Å². The van der Waals surface area contributed by atoms with E-state index in [1.54, 1.807) is 13.1 Å². The molecule has 0 saturated carbocycles. The van der Waals surface area contributed by atoms with Crippen molar-refractivity contribution in [3.63, 3.8) is 0 Å².